The molecular weight excluding hydrogens is 256 g/mol. The molecule has 2 heterocycles. The van der Waals surface area contributed by atoms with Gasteiger partial charge < -0.3 is 0 Å². The zero-order valence-electron chi connectivity index (χ0n) is 11.9. The Morgan fingerprint density at radius 3 is 3.10 bits per heavy atom. The second-order valence-corrected chi connectivity index (χ2v) is 5.90. The number of hydrogen-bond acceptors (Lipinski definition) is 0. The molecule has 0 saturated heterocycles. The Morgan fingerprint density at radius 2 is 2.14 bits per heavy atom. The summed E-state index contributed by atoms with van der Waals surface area (Å²) in [5, 5.41) is 3.94. The van der Waals surface area contributed by atoms with Gasteiger partial charge in [0.25, 0.3) is 5.65 Å². The van der Waals surface area contributed by atoms with Gasteiger partial charge in [0.05, 0.1) is 10.6 Å². The quantitative estimate of drug-likeness (QED) is 0.468. The highest BCUT2D eigenvalue weighted by atomic mass is 15.0. The zero-order valence-corrected chi connectivity index (χ0v) is 11.9. The molecule has 5 rings (SSSR count). The van der Waals surface area contributed by atoms with Crippen LogP contribution in [0.25, 0.3) is 33.5 Å². The Bertz CT molecular complexity index is 1110. The van der Waals surface area contributed by atoms with Crippen LogP contribution in [0, 0.1) is 6.92 Å². The summed E-state index contributed by atoms with van der Waals surface area (Å²) < 4.78 is 2.32. The number of allylic oxidation sites excluding steroid dienone is 2. The van der Waals surface area contributed by atoms with Crippen LogP contribution < -0.4 is 10.2 Å². The Morgan fingerprint density at radius 1 is 1.19 bits per heavy atom. The van der Waals surface area contributed by atoms with E-state index in [2.05, 4.69) is 71.1 Å². The lowest BCUT2D eigenvalue weighted by molar-refractivity contribution is -0.316. The number of benzene rings is 2. The van der Waals surface area contributed by atoms with Gasteiger partial charge in [-0.2, -0.15) is 4.40 Å². The molecule has 0 fully saturated rings. The van der Waals surface area contributed by atoms with Gasteiger partial charge in [-0.05, 0) is 42.5 Å². The maximum absolute atomic E-state index is 3.63. The molecule has 1 aliphatic carbocycles. The molecule has 0 bridgehead atoms. The van der Waals surface area contributed by atoms with Crippen molar-refractivity contribution in [3.05, 3.63) is 65.0 Å². The van der Waals surface area contributed by atoms with Crippen LogP contribution in [0.15, 0.2) is 48.7 Å². The summed E-state index contributed by atoms with van der Waals surface area (Å²) in [5.41, 5.74) is 6.38. The normalized spacial score (nSPS) is 14.0. The number of H-pyrrole nitrogens is 1. The minimum absolute atomic E-state index is 1.01. The van der Waals surface area contributed by atoms with Crippen molar-refractivity contribution in [2.75, 3.05) is 0 Å². The van der Waals surface area contributed by atoms with Crippen molar-refractivity contribution >= 4 is 33.5 Å². The molecule has 2 aromatic heterocycles. The maximum atomic E-state index is 3.63. The lowest BCUT2D eigenvalue weighted by Gasteiger charge is -2.04. The molecule has 0 atom stereocenters. The summed E-state index contributed by atoms with van der Waals surface area (Å²) in [5.74, 6) is 0. The third kappa shape index (κ3) is 1.39. The summed E-state index contributed by atoms with van der Waals surface area (Å²) in [6, 6.07) is 11.0. The molecular formula is C19H15N2+. The average molecular weight is 271 g/mol. The first-order valence-electron chi connectivity index (χ1n) is 7.36. The van der Waals surface area contributed by atoms with Gasteiger partial charge >= 0.3 is 0 Å². The van der Waals surface area contributed by atoms with Crippen molar-refractivity contribution < 1.29 is 4.98 Å². The van der Waals surface area contributed by atoms with Gasteiger partial charge in [0, 0.05) is 5.56 Å². The van der Waals surface area contributed by atoms with Crippen molar-refractivity contribution in [3.8, 4) is 0 Å². The minimum Gasteiger partial charge on any atom is -0.239 e. The third-order valence-electron chi connectivity index (χ3n) is 4.48. The first-order valence-corrected chi connectivity index (χ1v) is 7.36. The molecule has 4 aromatic rings. The van der Waals surface area contributed by atoms with Crippen molar-refractivity contribution in [2.24, 2.45) is 0 Å². The SMILES string of the molecule is Cc1cc2cccc3[nH+]c4c5c(cn4c(c1)c23)CC=CC=5. The van der Waals surface area contributed by atoms with Gasteiger partial charge in [-0.3, -0.25) is 0 Å². The summed E-state index contributed by atoms with van der Waals surface area (Å²) in [6.45, 7) is 2.17. The molecule has 2 nitrogen and oxygen atoms in total. The monoisotopic (exact) mass is 271 g/mol. The van der Waals surface area contributed by atoms with E-state index < -0.39 is 0 Å². The highest BCUT2D eigenvalue weighted by Crippen LogP contribution is 2.26. The third-order valence-corrected chi connectivity index (χ3v) is 4.48. The van der Waals surface area contributed by atoms with Crippen molar-refractivity contribution in [1.29, 1.82) is 0 Å². The van der Waals surface area contributed by atoms with Gasteiger partial charge in [0.1, 0.15) is 17.2 Å². The molecule has 0 unspecified atom stereocenters. The van der Waals surface area contributed by atoms with E-state index in [1.807, 2.05) is 0 Å². The number of aryl methyl sites for hydroxylation is 1. The minimum atomic E-state index is 1.01. The fourth-order valence-corrected chi connectivity index (χ4v) is 3.57. The summed E-state index contributed by atoms with van der Waals surface area (Å²) in [7, 11) is 0. The van der Waals surface area contributed by atoms with Crippen LogP contribution in [0.4, 0.5) is 0 Å². The Hall–Kier alpha value is -2.61. The van der Waals surface area contributed by atoms with E-state index in [0.717, 1.165) is 6.42 Å². The number of fused-ring (bicyclic) bond motifs is 4. The van der Waals surface area contributed by atoms with Crippen LogP contribution in [-0.2, 0) is 6.42 Å². The smallest absolute Gasteiger partial charge is 0.239 e. The zero-order chi connectivity index (χ0) is 14.0. The number of nitrogens with one attached hydrogen (secondary N) is 1. The fraction of sp³-hybridized carbons (Fsp3) is 0.105. The van der Waals surface area contributed by atoms with Gasteiger partial charge in [-0.15, -0.1) is 0 Å². The summed E-state index contributed by atoms with van der Waals surface area (Å²) >= 11 is 0. The Kier molecular flexibility index (Phi) is 1.97. The molecule has 0 amide bonds. The van der Waals surface area contributed by atoms with E-state index in [-0.39, 0.29) is 0 Å². The molecule has 0 spiro atoms. The second-order valence-electron chi connectivity index (χ2n) is 5.90. The van der Waals surface area contributed by atoms with E-state index in [9.17, 15) is 0 Å². The Labute approximate surface area is 122 Å². The van der Waals surface area contributed by atoms with E-state index in [1.165, 1.54) is 43.8 Å². The van der Waals surface area contributed by atoms with E-state index in [4.69, 9.17) is 0 Å². The van der Waals surface area contributed by atoms with Crippen LogP contribution >= 0.6 is 0 Å². The lowest BCUT2D eigenvalue weighted by atomic mass is 10.0. The van der Waals surface area contributed by atoms with Crippen LogP contribution in [0.3, 0.4) is 0 Å². The maximum Gasteiger partial charge on any atom is 0.292 e. The topological polar surface area (TPSA) is 18.6 Å². The van der Waals surface area contributed by atoms with Gasteiger partial charge in [-0.1, -0.05) is 30.4 Å². The predicted octanol–water partition coefficient (Wildman–Crippen LogP) is 2.98. The predicted molar refractivity (Wildman–Crippen MR) is 86.2 cm³/mol. The van der Waals surface area contributed by atoms with Crippen molar-refractivity contribution in [2.45, 2.75) is 13.3 Å². The first kappa shape index (κ1) is 11.1. The first-order chi connectivity index (χ1) is 10.3. The molecule has 2 heteroatoms. The molecule has 0 aliphatic heterocycles. The number of aromatic amines is 1. The van der Waals surface area contributed by atoms with Crippen LogP contribution in [0.5, 0.6) is 0 Å². The van der Waals surface area contributed by atoms with E-state index in [1.54, 1.807) is 0 Å². The van der Waals surface area contributed by atoms with E-state index >= 15 is 0 Å². The van der Waals surface area contributed by atoms with Gasteiger partial charge in [0.2, 0.25) is 0 Å². The van der Waals surface area contributed by atoms with Crippen LogP contribution in [-0.4, -0.2) is 4.40 Å². The van der Waals surface area contributed by atoms with Crippen molar-refractivity contribution in [3.63, 3.8) is 0 Å². The highest BCUT2D eigenvalue weighted by molar-refractivity contribution is 6.06. The highest BCUT2D eigenvalue weighted by Gasteiger charge is 2.18. The molecule has 0 saturated carbocycles. The molecule has 1 aliphatic rings. The standard InChI is InChI=1S/C19H14N2/c1-12-9-13-6-4-8-16-18(13)17(10-12)21-11-14-5-2-3-7-15(14)19(21)20-16/h2-4,6-11H,5H2,1H3/p+1. The summed E-state index contributed by atoms with van der Waals surface area (Å²) in [6.07, 6.45) is 9.86. The van der Waals surface area contributed by atoms with Gasteiger partial charge in [-0.25, -0.2) is 4.98 Å². The Balaban J connectivity index is 2.14. The lowest BCUT2D eigenvalue weighted by Crippen LogP contribution is -2.18. The molecule has 0 radical (unpaired) electrons. The molecule has 21 heavy (non-hydrogen) atoms. The second kappa shape index (κ2) is 3.73. The van der Waals surface area contributed by atoms with Crippen LogP contribution in [0.1, 0.15) is 11.1 Å². The number of aromatic nitrogens is 2. The molecule has 1 N–H and O–H groups in total. The largest absolute Gasteiger partial charge is 0.292 e. The van der Waals surface area contributed by atoms with Crippen LogP contribution in [0.2, 0.25) is 0 Å². The average Bonchev–Trinajstić information content (AvgIpc) is 2.86. The van der Waals surface area contributed by atoms with Gasteiger partial charge in [0.15, 0.2) is 0 Å². The van der Waals surface area contributed by atoms with E-state index in [0.29, 0.717) is 0 Å². The summed E-state index contributed by atoms with van der Waals surface area (Å²) in [4.78, 5) is 3.63. The molecule has 100 valence electrons. The number of hydrogen-bond donors (Lipinski definition) is 0. The molecule has 2 aromatic carbocycles. The number of rotatable bonds is 0. The van der Waals surface area contributed by atoms with Crippen molar-refractivity contribution in [1.82, 2.24) is 4.40 Å². The fourth-order valence-electron chi connectivity index (χ4n) is 3.57. The number of nitrogens with zero attached hydrogens (tertiary/aromatic N) is 1.